The number of rotatable bonds is 7. The molecule has 13 heteroatoms. The standard InChI is InChI=1S/C21H11F4N3O4S2/c22-13-7-5-12(6-8-13)18-19(31-15-3-1-2-4-16(15)32-21(23,24)25)34-20(27-18)26-11-14-9-10-17(33-14)28(29)30/h1-11H. The summed E-state index contributed by atoms with van der Waals surface area (Å²) in [6.45, 7) is 0. The Kier molecular flexibility index (Phi) is 6.56. The number of alkyl halides is 3. The van der Waals surface area contributed by atoms with E-state index in [4.69, 9.17) is 4.74 Å². The van der Waals surface area contributed by atoms with Gasteiger partial charge in [0.1, 0.15) is 11.5 Å². The molecule has 0 aliphatic rings. The van der Waals surface area contributed by atoms with E-state index in [9.17, 15) is 27.7 Å². The van der Waals surface area contributed by atoms with Crippen LogP contribution in [-0.4, -0.2) is 22.5 Å². The number of benzene rings is 2. The molecule has 7 nitrogen and oxygen atoms in total. The van der Waals surface area contributed by atoms with Crippen LogP contribution in [0.2, 0.25) is 0 Å². The van der Waals surface area contributed by atoms with Crippen molar-refractivity contribution in [3.05, 3.63) is 81.5 Å². The Balaban J connectivity index is 1.70. The summed E-state index contributed by atoms with van der Waals surface area (Å²) in [4.78, 5) is 19.4. The van der Waals surface area contributed by atoms with Gasteiger partial charge in [0, 0.05) is 17.8 Å². The van der Waals surface area contributed by atoms with Crippen LogP contribution in [0.3, 0.4) is 0 Å². The van der Waals surface area contributed by atoms with Gasteiger partial charge in [0.05, 0.1) is 9.80 Å². The summed E-state index contributed by atoms with van der Waals surface area (Å²) in [7, 11) is 0. The van der Waals surface area contributed by atoms with Crippen LogP contribution in [0.5, 0.6) is 16.6 Å². The van der Waals surface area contributed by atoms with Crippen LogP contribution in [0.25, 0.3) is 11.3 Å². The number of thiophene rings is 1. The van der Waals surface area contributed by atoms with Gasteiger partial charge in [-0.3, -0.25) is 10.1 Å². The average Bonchev–Trinajstić information content (AvgIpc) is 3.41. The zero-order valence-electron chi connectivity index (χ0n) is 16.7. The van der Waals surface area contributed by atoms with Gasteiger partial charge in [-0.15, -0.1) is 13.2 Å². The van der Waals surface area contributed by atoms with E-state index in [1.54, 1.807) is 0 Å². The molecule has 2 aromatic heterocycles. The molecule has 174 valence electrons. The number of nitro groups is 1. The largest absolute Gasteiger partial charge is 0.573 e. The van der Waals surface area contributed by atoms with Gasteiger partial charge in [-0.05, 0) is 42.5 Å². The summed E-state index contributed by atoms with van der Waals surface area (Å²) >= 11 is 1.83. The lowest BCUT2D eigenvalue weighted by molar-refractivity contribution is -0.380. The molecule has 0 saturated carbocycles. The molecule has 0 spiro atoms. The molecule has 0 atom stereocenters. The maximum Gasteiger partial charge on any atom is 0.573 e. The number of hydrogen-bond donors (Lipinski definition) is 0. The van der Waals surface area contributed by atoms with E-state index >= 15 is 0 Å². The Morgan fingerprint density at radius 1 is 1.00 bits per heavy atom. The third-order valence-corrected chi connectivity index (χ3v) is 5.89. The number of thiazole rings is 1. The van der Waals surface area contributed by atoms with Crippen LogP contribution in [0.15, 0.2) is 65.7 Å². The quantitative estimate of drug-likeness (QED) is 0.112. The van der Waals surface area contributed by atoms with Crippen molar-refractivity contribution in [2.45, 2.75) is 6.36 Å². The zero-order valence-corrected chi connectivity index (χ0v) is 18.3. The van der Waals surface area contributed by atoms with Gasteiger partial charge in [-0.1, -0.05) is 34.8 Å². The van der Waals surface area contributed by atoms with Crippen molar-refractivity contribution in [3.8, 4) is 27.8 Å². The SMILES string of the molecule is O=[N+]([O-])c1ccc(C=Nc2nc(-c3ccc(F)cc3)c(Oc3ccccc3OC(F)(F)F)s2)s1. The Morgan fingerprint density at radius 2 is 1.71 bits per heavy atom. The van der Waals surface area contributed by atoms with Gasteiger partial charge in [0.25, 0.3) is 0 Å². The van der Waals surface area contributed by atoms with E-state index < -0.39 is 22.9 Å². The fourth-order valence-electron chi connectivity index (χ4n) is 2.68. The van der Waals surface area contributed by atoms with E-state index in [2.05, 4.69) is 14.7 Å². The maximum absolute atomic E-state index is 13.4. The fraction of sp³-hybridized carbons (Fsp3) is 0.0476. The van der Waals surface area contributed by atoms with Gasteiger partial charge in [-0.2, -0.15) is 0 Å². The minimum absolute atomic E-state index is 0.0575. The van der Waals surface area contributed by atoms with E-state index in [1.165, 1.54) is 60.8 Å². The predicted octanol–water partition coefficient (Wildman–Crippen LogP) is 7.36. The fourth-order valence-corrected chi connectivity index (χ4v) is 4.18. The van der Waals surface area contributed by atoms with Gasteiger partial charge in [0.2, 0.25) is 10.2 Å². The highest BCUT2D eigenvalue weighted by Gasteiger charge is 2.32. The Labute approximate surface area is 196 Å². The molecule has 0 bridgehead atoms. The monoisotopic (exact) mass is 509 g/mol. The van der Waals surface area contributed by atoms with Crippen molar-refractivity contribution in [3.63, 3.8) is 0 Å². The lowest BCUT2D eigenvalue weighted by atomic mass is 10.2. The van der Waals surface area contributed by atoms with Crippen molar-refractivity contribution >= 4 is 39.0 Å². The first-order valence-corrected chi connectivity index (χ1v) is 10.9. The van der Waals surface area contributed by atoms with Gasteiger partial charge >= 0.3 is 11.4 Å². The topological polar surface area (TPSA) is 86.9 Å². The van der Waals surface area contributed by atoms with Crippen molar-refractivity contribution in [1.82, 2.24) is 4.98 Å². The molecule has 0 radical (unpaired) electrons. The highest BCUT2D eigenvalue weighted by Crippen LogP contribution is 2.44. The van der Waals surface area contributed by atoms with E-state index in [0.29, 0.717) is 10.4 Å². The number of nitrogens with zero attached hydrogens (tertiary/aromatic N) is 3. The molecule has 0 aliphatic carbocycles. The first-order valence-electron chi connectivity index (χ1n) is 9.25. The molecule has 4 rings (SSSR count). The van der Waals surface area contributed by atoms with Gasteiger partial charge in [-0.25, -0.2) is 14.4 Å². The van der Waals surface area contributed by atoms with E-state index in [-0.39, 0.29) is 26.6 Å². The summed E-state index contributed by atoms with van der Waals surface area (Å²) in [5.41, 5.74) is 0.659. The highest BCUT2D eigenvalue weighted by molar-refractivity contribution is 7.18. The van der Waals surface area contributed by atoms with Crippen LogP contribution in [-0.2, 0) is 0 Å². The van der Waals surface area contributed by atoms with Crippen LogP contribution in [0, 0.1) is 15.9 Å². The summed E-state index contributed by atoms with van der Waals surface area (Å²) in [5, 5.41) is 11.0. The molecule has 0 saturated heterocycles. The van der Waals surface area contributed by atoms with Crippen LogP contribution in [0.1, 0.15) is 4.88 Å². The Bertz CT molecular complexity index is 1350. The molecule has 2 heterocycles. The molecule has 0 unspecified atom stereocenters. The molecule has 0 N–H and O–H groups in total. The second kappa shape index (κ2) is 9.57. The minimum atomic E-state index is -4.92. The zero-order chi connectivity index (χ0) is 24.3. The molecular formula is C21H11F4N3O4S2. The van der Waals surface area contributed by atoms with Crippen molar-refractivity contribution in [2.75, 3.05) is 0 Å². The summed E-state index contributed by atoms with van der Waals surface area (Å²) in [6, 6.07) is 13.4. The number of aromatic nitrogens is 1. The second-order valence-electron chi connectivity index (χ2n) is 6.43. The molecular weight excluding hydrogens is 498 g/mol. The average molecular weight is 509 g/mol. The van der Waals surface area contributed by atoms with E-state index in [1.807, 2.05) is 0 Å². The maximum atomic E-state index is 13.4. The van der Waals surface area contributed by atoms with Crippen molar-refractivity contribution in [2.24, 2.45) is 4.99 Å². The van der Waals surface area contributed by atoms with Gasteiger partial charge in [0.15, 0.2) is 11.5 Å². The lowest BCUT2D eigenvalue weighted by Gasteiger charge is -2.13. The van der Waals surface area contributed by atoms with Crippen LogP contribution >= 0.6 is 22.7 Å². The first-order chi connectivity index (χ1) is 16.2. The molecule has 34 heavy (non-hydrogen) atoms. The number of aliphatic imine (C=N–C) groups is 1. The molecule has 4 aromatic rings. The van der Waals surface area contributed by atoms with Gasteiger partial charge < -0.3 is 9.47 Å². The normalized spacial score (nSPS) is 11.6. The minimum Gasteiger partial charge on any atom is -0.440 e. The number of ether oxygens (including phenoxy) is 2. The third kappa shape index (κ3) is 5.74. The predicted molar refractivity (Wildman–Crippen MR) is 119 cm³/mol. The molecule has 0 amide bonds. The Hall–Kier alpha value is -3.84. The number of halogens is 4. The molecule has 2 aromatic carbocycles. The Morgan fingerprint density at radius 3 is 2.35 bits per heavy atom. The van der Waals surface area contributed by atoms with Crippen LogP contribution < -0.4 is 9.47 Å². The summed E-state index contributed by atoms with van der Waals surface area (Å²) in [5.74, 6) is -1.25. The van der Waals surface area contributed by atoms with Crippen molar-refractivity contribution < 1.29 is 32.0 Å². The smallest absolute Gasteiger partial charge is 0.440 e. The summed E-state index contributed by atoms with van der Waals surface area (Å²) < 4.78 is 61.5. The van der Waals surface area contributed by atoms with Crippen molar-refractivity contribution in [1.29, 1.82) is 0 Å². The third-order valence-electron chi connectivity index (χ3n) is 4.07. The molecule has 0 aliphatic heterocycles. The number of hydrogen-bond acceptors (Lipinski definition) is 8. The summed E-state index contributed by atoms with van der Waals surface area (Å²) in [6.07, 6.45) is -3.55. The van der Waals surface area contributed by atoms with Crippen LogP contribution in [0.4, 0.5) is 27.7 Å². The first kappa shape index (κ1) is 23.3. The highest BCUT2D eigenvalue weighted by atomic mass is 32.1. The lowest BCUT2D eigenvalue weighted by Crippen LogP contribution is -2.17. The van der Waals surface area contributed by atoms with E-state index in [0.717, 1.165) is 28.7 Å². The molecule has 0 fully saturated rings. The number of para-hydroxylation sites is 2. The second-order valence-corrected chi connectivity index (χ2v) is 8.46.